The zero-order valence-electron chi connectivity index (χ0n) is 10.5. The number of hydrogen-bond donors (Lipinski definition) is 2. The number of Topliss-reactive ketones (excluding diaryl/α,β-unsaturated/α-hetero) is 1. The van der Waals surface area contributed by atoms with Crippen molar-refractivity contribution >= 4 is 11.8 Å². The molecule has 0 amide bonds. The molecular formula is C13H15F2NO3. The van der Waals surface area contributed by atoms with Crippen LogP contribution in [0.15, 0.2) is 18.2 Å². The molecule has 0 saturated heterocycles. The van der Waals surface area contributed by atoms with Crippen molar-refractivity contribution in [2.24, 2.45) is 0 Å². The van der Waals surface area contributed by atoms with Crippen molar-refractivity contribution < 1.29 is 23.5 Å². The Hall–Kier alpha value is -1.82. The second-order valence-corrected chi connectivity index (χ2v) is 4.09. The van der Waals surface area contributed by atoms with E-state index < -0.39 is 41.4 Å². The van der Waals surface area contributed by atoms with Gasteiger partial charge < -0.3 is 10.4 Å². The number of nitrogens with one attached hydrogen (secondary N) is 1. The average Bonchev–Trinajstić information content (AvgIpc) is 2.36. The van der Waals surface area contributed by atoms with Crippen molar-refractivity contribution in [1.82, 2.24) is 5.32 Å². The molecule has 2 N–H and O–H groups in total. The highest BCUT2D eigenvalue weighted by molar-refractivity contribution is 6.01. The van der Waals surface area contributed by atoms with Crippen molar-refractivity contribution in [2.75, 3.05) is 6.54 Å². The van der Waals surface area contributed by atoms with Crippen LogP contribution >= 0.6 is 0 Å². The Labute approximate surface area is 109 Å². The number of rotatable bonds is 7. The minimum atomic E-state index is -1.18. The molecule has 1 atom stereocenters. The molecule has 0 aliphatic rings. The van der Waals surface area contributed by atoms with Gasteiger partial charge in [0.1, 0.15) is 11.6 Å². The zero-order valence-corrected chi connectivity index (χ0v) is 10.5. The van der Waals surface area contributed by atoms with Crippen LogP contribution in [0, 0.1) is 11.6 Å². The van der Waals surface area contributed by atoms with Crippen molar-refractivity contribution in [1.29, 1.82) is 0 Å². The molecule has 1 rings (SSSR count). The third-order valence-electron chi connectivity index (χ3n) is 2.53. The van der Waals surface area contributed by atoms with Crippen LogP contribution in [-0.4, -0.2) is 29.4 Å². The maximum atomic E-state index is 13.5. The summed E-state index contributed by atoms with van der Waals surface area (Å²) >= 11 is 0. The van der Waals surface area contributed by atoms with E-state index in [1.165, 1.54) is 0 Å². The van der Waals surface area contributed by atoms with Gasteiger partial charge in [0.05, 0.1) is 18.0 Å². The highest BCUT2D eigenvalue weighted by Crippen LogP contribution is 2.13. The van der Waals surface area contributed by atoms with Gasteiger partial charge in [0.15, 0.2) is 5.78 Å². The Kier molecular flexibility index (Phi) is 5.57. The maximum Gasteiger partial charge on any atom is 0.305 e. The van der Waals surface area contributed by atoms with Crippen molar-refractivity contribution in [2.45, 2.75) is 25.8 Å². The lowest BCUT2D eigenvalue weighted by Gasteiger charge is -2.15. The van der Waals surface area contributed by atoms with Crippen LogP contribution in [0.4, 0.5) is 8.78 Å². The number of aliphatic carboxylic acids is 1. The first-order valence-electron chi connectivity index (χ1n) is 5.90. The number of carboxylic acids is 1. The Morgan fingerprint density at radius 2 is 2.05 bits per heavy atom. The first-order chi connectivity index (χ1) is 8.95. The molecule has 1 unspecified atom stereocenters. The van der Waals surface area contributed by atoms with E-state index in [-0.39, 0.29) is 0 Å². The minimum Gasteiger partial charge on any atom is -0.481 e. The second kappa shape index (κ2) is 6.94. The molecule has 0 spiro atoms. The SMILES string of the molecule is CCCNC(CC(=O)O)C(=O)c1cc(F)ccc1F. The Balaban J connectivity index is 2.97. The highest BCUT2D eigenvalue weighted by Gasteiger charge is 2.24. The average molecular weight is 271 g/mol. The Morgan fingerprint density at radius 3 is 2.63 bits per heavy atom. The van der Waals surface area contributed by atoms with Gasteiger partial charge in [0.2, 0.25) is 0 Å². The predicted molar refractivity (Wildman–Crippen MR) is 65.0 cm³/mol. The first kappa shape index (κ1) is 15.2. The number of carboxylic acid groups (broad SMARTS) is 1. The van der Waals surface area contributed by atoms with Gasteiger partial charge in [0.25, 0.3) is 0 Å². The van der Waals surface area contributed by atoms with E-state index in [1.54, 1.807) is 0 Å². The lowest BCUT2D eigenvalue weighted by Crippen LogP contribution is -2.39. The predicted octanol–water partition coefficient (Wildman–Crippen LogP) is 1.99. The smallest absolute Gasteiger partial charge is 0.305 e. The van der Waals surface area contributed by atoms with Gasteiger partial charge in [-0.05, 0) is 31.2 Å². The van der Waals surface area contributed by atoms with Crippen LogP contribution in [0.5, 0.6) is 0 Å². The molecule has 0 heterocycles. The second-order valence-electron chi connectivity index (χ2n) is 4.09. The number of carbonyl (C=O) groups excluding carboxylic acids is 1. The minimum absolute atomic E-state index is 0.417. The van der Waals surface area contributed by atoms with Crippen LogP contribution in [0.2, 0.25) is 0 Å². The summed E-state index contributed by atoms with van der Waals surface area (Å²) in [6, 6.07) is 1.46. The largest absolute Gasteiger partial charge is 0.481 e. The van der Waals surface area contributed by atoms with Gasteiger partial charge in [-0.2, -0.15) is 0 Å². The number of ketones is 1. The first-order valence-corrected chi connectivity index (χ1v) is 5.90. The van der Waals surface area contributed by atoms with Crippen LogP contribution in [0.3, 0.4) is 0 Å². The molecule has 1 aromatic carbocycles. The summed E-state index contributed by atoms with van der Waals surface area (Å²) in [5.41, 5.74) is -0.435. The van der Waals surface area contributed by atoms with Crippen molar-refractivity contribution in [3.63, 3.8) is 0 Å². The fraction of sp³-hybridized carbons (Fsp3) is 0.385. The van der Waals surface area contributed by atoms with Crippen molar-refractivity contribution in [3.05, 3.63) is 35.4 Å². The molecule has 0 fully saturated rings. The Bertz CT molecular complexity index is 477. The maximum absolute atomic E-state index is 13.5. The fourth-order valence-electron chi connectivity index (χ4n) is 1.62. The summed E-state index contributed by atoms with van der Waals surface area (Å²) in [5, 5.41) is 11.5. The zero-order chi connectivity index (χ0) is 14.4. The summed E-state index contributed by atoms with van der Waals surface area (Å²) in [7, 11) is 0. The third kappa shape index (κ3) is 4.40. The fourth-order valence-corrected chi connectivity index (χ4v) is 1.62. The van der Waals surface area contributed by atoms with Gasteiger partial charge in [-0.1, -0.05) is 6.92 Å². The summed E-state index contributed by atoms with van der Waals surface area (Å²) in [5.74, 6) is -3.54. The highest BCUT2D eigenvalue weighted by atomic mass is 19.1. The van der Waals surface area contributed by atoms with E-state index in [0.717, 1.165) is 18.2 Å². The molecule has 104 valence electrons. The van der Waals surface area contributed by atoms with Gasteiger partial charge in [0, 0.05) is 0 Å². The summed E-state index contributed by atoms with van der Waals surface area (Å²) in [6.45, 7) is 2.26. The number of hydrogen-bond acceptors (Lipinski definition) is 3. The van der Waals surface area contributed by atoms with Gasteiger partial charge >= 0.3 is 5.97 Å². The molecule has 0 aliphatic carbocycles. The van der Waals surface area contributed by atoms with Gasteiger partial charge in [-0.15, -0.1) is 0 Å². The van der Waals surface area contributed by atoms with Crippen LogP contribution < -0.4 is 5.32 Å². The number of benzene rings is 1. The van der Waals surface area contributed by atoms with Crippen LogP contribution in [0.25, 0.3) is 0 Å². The van der Waals surface area contributed by atoms with Gasteiger partial charge in [-0.25, -0.2) is 8.78 Å². The van der Waals surface area contributed by atoms with E-state index in [9.17, 15) is 18.4 Å². The number of halogens is 2. The monoisotopic (exact) mass is 271 g/mol. The molecule has 0 aliphatic heterocycles. The van der Waals surface area contributed by atoms with E-state index in [4.69, 9.17) is 5.11 Å². The number of carbonyl (C=O) groups is 2. The molecule has 19 heavy (non-hydrogen) atoms. The lowest BCUT2D eigenvalue weighted by atomic mass is 10.0. The third-order valence-corrected chi connectivity index (χ3v) is 2.53. The standard InChI is InChI=1S/C13H15F2NO3/c1-2-5-16-11(7-12(17)18)13(19)9-6-8(14)3-4-10(9)15/h3-4,6,11,16H,2,5,7H2,1H3,(H,17,18). The lowest BCUT2D eigenvalue weighted by molar-refractivity contribution is -0.137. The topological polar surface area (TPSA) is 66.4 Å². The summed E-state index contributed by atoms with van der Waals surface area (Å²) in [4.78, 5) is 22.7. The molecule has 0 aromatic heterocycles. The van der Waals surface area contributed by atoms with E-state index in [0.29, 0.717) is 13.0 Å². The van der Waals surface area contributed by atoms with Crippen LogP contribution in [0.1, 0.15) is 30.1 Å². The van der Waals surface area contributed by atoms with E-state index >= 15 is 0 Å². The summed E-state index contributed by atoms with van der Waals surface area (Å²) < 4.78 is 26.5. The van der Waals surface area contributed by atoms with E-state index in [1.807, 2.05) is 6.92 Å². The van der Waals surface area contributed by atoms with E-state index in [2.05, 4.69) is 5.32 Å². The van der Waals surface area contributed by atoms with Crippen LogP contribution in [-0.2, 0) is 4.79 Å². The Morgan fingerprint density at radius 1 is 1.37 bits per heavy atom. The molecule has 6 heteroatoms. The molecule has 0 radical (unpaired) electrons. The molecule has 0 bridgehead atoms. The van der Waals surface area contributed by atoms with Gasteiger partial charge in [-0.3, -0.25) is 9.59 Å². The van der Waals surface area contributed by atoms with Crippen molar-refractivity contribution in [3.8, 4) is 0 Å². The normalized spacial score (nSPS) is 12.2. The summed E-state index contributed by atoms with van der Waals surface area (Å²) in [6.07, 6.45) is 0.212. The molecule has 4 nitrogen and oxygen atoms in total. The molecule has 0 saturated carbocycles. The molecule has 1 aromatic rings. The quantitative estimate of drug-likeness (QED) is 0.744. The molecular weight excluding hydrogens is 256 g/mol.